The summed E-state index contributed by atoms with van der Waals surface area (Å²) in [5.41, 5.74) is 8.10. The maximum atomic E-state index is 13.8. The third-order valence-electron chi connectivity index (χ3n) is 6.37. The molecule has 196 valence electrons. The lowest BCUT2D eigenvalue weighted by Gasteiger charge is -2.34. The molecule has 0 bridgehead atoms. The molecule has 38 heavy (non-hydrogen) atoms. The van der Waals surface area contributed by atoms with Crippen molar-refractivity contribution in [3.05, 3.63) is 100.0 Å². The van der Waals surface area contributed by atoms with Crippen LogP contribution in [0.4, 0.5) is 10.5 Å². The predicted octanol–water partition coefficient (Wildman–Crippen LogP) is 4.71. The summed E-state index contributed by atoms with van der Waals surface area (Å²) < 4.78 is 5.68. The first kappa shape index (κ1) is 26.4. The highest BCUT2D eigenvalue weighted by Gasteiger charge is 2.31. The summed E-state index contributed by atoms with van der Waals surface area (Å²) >= 11 is 0. The summed E-state index contributed by atoms with van der Waals surface area (Å²) in [5.74, 6) is 0.0351. The number of urea groups is 1. The largest absolute Gasteiger partial charge is 0.492 e. The van der Waals surface area contributed by atoms with Crippen molar-refractivity contribution in [2.24, 2.45) is 5.73 Å². The molecular formula is C29H31N5O4. The van der Waals surface area contributed by atoms with Crippen LogP contribution in [0.3, 0.4) is 0 Å². The maximum absolute atomic E-state index is 13.8. The standard InChI is InChI=1S/C29H31N5O4/c1-4-38-24-16-9-8-14-22(24)32-29(37)34(18(2)20-11-6-5-7-12-20)19(3)26-28(36)31-23-15-10-13-21(17-25(30)35)27(23)33-26/h5-16,18-19H,4,17H2,1-3H3,(H2,30,35)(H,31,36)(H,32,37). The number of carbonyl (C=O) groups excluding carboxylic acids is 2. The van der Waals surface area contributed by atoms with E-state index in [1.54, 1.807) is 42.2 Å². The van der Waals surface area contributed by atoms with Gasteiger partial charge in [-0.3, -0.25) is 9.59 Å². The third kappa shape index (κ3) is 5.67. The summed E-state index contributed by atoms with van der Waals surface area (Å²) in [5, 5.41) is 2.95. The molecule has 1 aromatic heterocycles. The van der Waals surface area contributed by atoms with Crippen LogP contribution in [0.25, 0.3) is 11.0 Å². The highest BCUT2D eigenvalue weighted by atomic mass is 16.5. The van der Waals surface area contributed by atoms with Crippen LogP contribution in [0, 0.1) is 0 Å². The number of hydrogen-bond donors (Lipinski definition) is 3. The van der Waals surface area contributed by atoms with Gasteiger partial charge in [0, 0.05) is 0 Å². The minimum Gasteiger partial charge on any atom is -0.492 e. The van der Waals surface area contributed by atoms with E-state index >= 15 is 0 Å². The van der Waals surface area contributed by atoms with Crippen LogP contribution >= 0.6 is 0 Å². The number of nitrogens with one attached hydrogen (secondary N) is 2. The first-order valence-corrected chi connectivity index (χ1v) is 12.5. The molecule has 0 aliphatic carbocycles. The molecule has 0 aliphatic heterocycles. The Morgan fingerprint density at radius 1 is 1.00 bits per heavy atom. The molecule has 9 nitrogen and oxygen atoms in total. The summed E-state index contributed by atoms with van der Waals surface area (Å²) in [6.07, 6.45) is -0.0248. The maximum Gasteiger partial charge on any atom is 0.323 e. The number of benzene rings is 3. The van der Waals surface area contributed by atoms with Crippen molar-refractivity contribution in [2.45, 2.75) is 39.3 Å². The van der Waals surface area contributed by atoms with E-state index < -0.39 is 29.6 Å². The van der Waals surface area contributed by atoms with Crippen molar-refractivity contribution < 1.29 is 14.3 Å². The van der Waals surface area contributed by atoms with Crippen LogP contribution in [0.15, 0.2) is 77.6 Å². The minimum absolute atomic E-state index is 0.0248. The Morgan fingerprint density at radius 3 is 2.42 bits per heavy atom. The number of hydrogen-bond acceptors (Lipinski definition) is 5. The third-order valence-corrected chi connectivity index (χ3v) is 6.37. The van der Waals surface area contributed by atoms with E-state index in [9.17, 15) is 14.4 Å². The Hall–Kier alpha value is -4.66. The number of nitrogens with zero attached hydrogens (tertiary/aromatic N) is 2. The average Bonchev–Trinajstić information content (AvgIpc) is 2.90. The number of aromatic nitrogens is 2. The van der Waals surface area contributed by atoms with Gasteiger partial charge in [0.05, 0.1) is 41.8 Å². The molecule has 0 fully saturated rings. The molecule has 4 rings (SSSR count). The molecule has 9 heteroatoms. The molecule has 1 heterocycles. The van der Waals surface area contributed by atoms with Crippen LogP contribution in [-0.4, -0.2) is 33.4 Å². The van der Waals surface area contributed by atoms with Crippen LogP contribution in [0.2, 0.25) is 0 Å². The van der Waals surface area contributed by atoms with Gasteiger partial charge in [-0.15, -0.1) is 0 Å². The van der Waals surface area contributed by atoms with Crippen molar-refractivity contribution >= 4 is 28.7 Å². The number of nitrogens with two attached hydrogens (primary N) is 1. The second-order valence-corrected chi connectivity index (χ2v) is 8.94. The molecule has 2 atom stereocenters. The molecule has 4 aromatic rings. The molecule has 3 amide bonds. The lowest BCUT2D eigenvalue weighted by Crippen LogP contribution is -2.41. The van der Waals surface area contributed by atoms with Gasteiger partial charge in [0.15, 0.2) is 0 Å². The molecule has 4 N–H and O–H groups in total. The summed E-state index contributed by atoms with van der Waals surface area (Å²) in [6.45, 7) is 5.97. The number of fused-ring (bicyclic) bond motifs is 1. The Labute approximate surface area is 220 Å². The highest BCUT2D eigenvalue weighted by Crippen LogP contribution is 2.32. The number of rotatable bonds is 9. The fourth-order valence-corrected chi connectivity index (χ4v) is 4.54. The first-order valence-electron chi connectivity index (χ1n) is 12.5. The zero-order valence-electron chi connectivity index (χ0n) is 21.6. The number of H-pyrrole nitrogens is 1. The number of ether oxygens (including phenoxy) is 1. The first-order chi connectivity index (χ1) is 18.3. The van der Waals surface area contributed by atoms with Gasteiger partial charge >= 0.3 is 6.03 Å². The highest BCUT2D eigenvalue weighted by molar-refractivity contribution is 5.91. The number of aromatic amines is 1. The van der Waals surface area contributed by atoms with Crippen LogP contribution in [0.1, 0.15) is 49.7 Å². The van der Waals surface area contributed by atoms with Crippen LogP contribution in [0.5, 0.6) is 5.75 Å². The van der Waals surface area contributed by atoms with E-state index in [0.29, 0.717) is 34.6 Å². The monoisotopic (exact) mass is 513 g/mol. The average molecular weight is 514 g/mol. The van der Waals surface area contributed by atoms with Gasteiger partial charge in [0.25, 0.3) is 5.56 Å². The predicted molar refractivity (Wildman–Crippen MR) is 147 cm³/mol. The Balaban J connectivity index is 1.79. The van der Waals surface area contributed by atoms with E-state index in [0.717, 1.165) is 5.56 Å². The summed E-state index contributed by atoms with van der Waals surface area (Å²) in [4.78, 5) is 47.8. The van der Waals surface area contributed by atoms with E-state index in [1.807, 2.05) is 56.3 Å². The molecule has 0 spiro atoms. The van der Waals surface area contributed by atoms with Gasteiger partial charge in [-0.25, -0.2) is 9.78 Å². The van der Waals surface area contributed by atoms with Crippen LogP contribution in [-0.2, 0) is 11.2 Å². The van der Waals surface area contributed by atoms with Gasteiger partial charge < -0.3 is 25.7 Å². The molecule has 0 saturated carbocycles. The Morgan fingerprint density at radius 2 is 1.71 bits per heavy atom. The summed E-state index contributed by atoms with van der Waals surface area (Å²) in [6, 6.07) is 20.3. The molecule has 3 aromatic carbocycles. The van der Waals surface area contributed by atoms with Crippen molar-refractivity contribution in [1.82, 2.24) is 14.9 Å². The minimum atomic E-state index is -0.737. The van der Waals surface area contributed by atoms with E-state index in [2.05, 4.69) is 15.3 Å². The van der Waals surface area contributed by atoms with Gasteiger partial charge in [-0.05, 0) is 50.1 Å². The number of carbonyl (C=O) groups is 2. The topological polar surface area (TPSA) is 130 Å². The Kier molecular flexibility index (Phi) is 8.06. The smallest absolute Gasteiger partial charge is 0.323 e. The van der Waals surface area contributed by atoms with Crippen molar-refractivity contribution in [2.75, 3.05) is 11.9 Å². The second-order valence-electron chi connectivity index (χ2n) is 8.94. The van der Waals surface area contributed by atoms with Gasteiger partial charge in [-0.2, -0.15) is 0 Å². The van der Waals surface area contributed by atoms with Crippen LogP contribution < -0.4 is 21.3 Å². The Bertz CT molecular complexity index is 1500. The SMILES string of the molecule is CCOc1ccccc1NC(=O)N(C(C)c1ccccc1)C(C)c1nc2c(CC(N)=O)cccc2[nH]c1=O. The summed E-state index contributed by atoms with van der Waals surface area (Å²) in [7, 11) is 0. The number of amides is 3. The lowest BCUT2D eigenvalue weighted by molar-refractivity contribution is -0.117. The van der Waals surface area contributed by atoms with Crippen molar-refractivity contribution in [1.29, 1.82) is 0 Å². The quantitative estimate of drug-likeness (QED) is 0.298. The van der Waals surface area contributed by atoms with Gasteiger partial charge in [0.2, 0.25) is 5.91 Å². The molecule has 0 saturated heterocycles. The fraction of sp³-hybridized carbons (Fsp3) is 0.241. The zero-order chi connectivity index (χ0) is 27.2. The van der Waals surface area contributed by atoms with E-state index in [4.69, 9.17) is 10.5 Å². The van der Waals surface area contributed by atoms with Crippen molar-refractivity contribution in [3.63, 3.8) is 0 Å². The van der Waals surface area contributed by atoms with E-state index in [1.165, 1.54) is 0 Å². The zero-order valence-corrected chi connectivity index (χ0v) is 21.6. The normalized spacial score (nSPS) is 12.5. The fourth-order valence-electron chi connectivity index (χ4n) is 4.54. The van der Waals surface area contributed by atoms with E-state index in [-0.39, 0.29) is 12.1 Å². The number of anilines is 1. The number of primary amides is 1. The lowest BCUT2D eigenvalue weighted by atomic mass is 10.0. The molecule has 0 radical (unpaired) electrons. The molecule has 0 aliphatic rings. The molecular weight excluding hydrogens is 482 g/mol. The van der Waals surface area contributed by atoms with Gasteiger partial charge in [-0.1, -0.05) is 54.6 Å². The second kappa shape index (κ2) is 11.6. The molecule has 2 unspecified atom stereocenters. The number of para-hydroxylation sites is 3. The van der Waals surface area contributed by atoms with Gasteiger partial charge in [0.1, 0.15) is 11.4 Å². The van der Waals surface area contributed by atoms with Crippen molar-refractivity contribution in [3.8, 4) is 5.75 Å².